The van der Waals surface area contributed by atoms with E-state index < -0.39 is 11.8 Å². The Hall–Kier alpha value is -2.74. The molecule has 3 aromatic rings. The van der Waals surface area contributed by atoms with Crippen LogP contribution in [0.15, 0.2) is 65.3 Å². The van der Waals surface area contributed by atoms with Crippen molar-refractivity contribution < 1.29 is 14.4 Å². The van der Waals surface area contributed by atoms with Gasteiger partial charge in [-0.3, -0.25) is 14.4 Å². The Morgan fingerprint density at radius 1 is 0.829 bits per heavy atom. The molecule has 1 aliphatic rings. The lowest BCUT2D eigenvalue weighted by atomic mass is 10.1. The molecule has 0 saturated heterocycles. The first-order chi connectivity index (χ1) is 16.6. The van der Waals surface area contributed by atoms with E-state index in [1.54, 1.807) is 36.4 Å². The van der Waals surface area contributed by atoms with Crippen LogP contribution in [0.4, 0.5) is 17.1 Å². The van der Waals surface area contributed by atoms with Crippen molar-refractivity contribution in [1.82, 2.24) is 0 Å². The second kappa shape index (κ2) is 10.1. The van der Waals surface area contributed by atoms with E-state index in [0.717, 1.165) is 10.5 Å². The van der Waals surface area contributed by atoms with E-state index in [0.29, 0.717) is 22.0 Å². The number of carbonyl (C=O) groups is 3. The van der Waals surface area contributed by atoms with Crippen molar-refractivity contribution in [2.24, 2.45) is 0 Å². The Labute approximate surface area is 225 Å². The maximum atomic E-state index is 13.1. The predicted molar refractivity (Wildman–Crippen MR) is 141 cm³/mol. The van der Waals surface area contributed by atoms with E-state index in [1.165, 1.54) is 18.2 Å². The number of nitrogens with one attached hydrogen (secondary N) is 2. The van der Waals surface area contributed by atoms with Crippen molar-refractivity contribution in [2.45, 2.75) is 6.92 Å². The third-order valence-corrected chi connectivity index (χ3v) is 6.70. The van der Waals surface area contributed by atoms with Gasteiger partial charge in [0.05, 0.1) is 20.8 Å². The number of benzene rings is 3. The van der Waals surface area contributed by atoms with Crippen molar-refractivity contribution >= 4 is 92.8 Å². The van der Waals surface area contributed by atoms with Crippen LogP contribution in [0.3, 0.4) is 0 Å². The average molecular weight is 570 g/mol. The van der Waals surface area contributed by atoms with Gasteiger partial charge in [0, 0.05) is 22.0 Å². The Balaban J connectivity index is 1.57. The van der Waals surface area contributed by atoms with E-state index in [-0.39, 0.29) is 37.4 Å². The topological polar surface area (TPSA) is 78.5 Å². The van der Waals surface area contributed by atoms with Crippen molar-refractivity contribution in [3.63, 3.8) is 0 Å². The summed E-state index contributed by atoms with van der Waals surface area (Å²) in [5.74, 6) is -1.91. The van der Waals surface area contributed by atoms with Crippen molar-refractivity contribution in [2.75, 3.05) is 15.5 Å². The van der Waals surface area contributed by atoms with Gasteiger partial charge in [-0.1, -0.05) is 64.1 Å². The van der Waals surface area contributed by atoms with Crippen LogP contribution in [0.2, 0.25) is 20.1 Å². The lowest BCUT2D eigenvalue weighted by Gasteiger charge is -2.17. The summed E-state index contributed by atoms with van der Waals surface area (Å²) in [6.45, 7) is 1.82. The van der Waals surface area contributed by atoms with Crippen LogP contribution in [0, 0.1) is 6.92 Å². The predicted octanol–water partition coefficient (Wildman–Crippen LogP) is 7.30. The van der Waals surface area contributed by atoms with Crippen molar-refractivity contribution in [3.05, 3.63) is 96.5 Å². The monoisotopic (exact) mass is 567 g/mol. The van der Waals surface area contributed by atoms with Crippen LogP contribution in [-0.4, -0.2) is 17.7 Å². The number of carbonyl (C=O) groups excluding carboxylic acids is 3. The maximum Gasteiger partial charge on any atom is 0.283 e. The van der Waals surface area contributed by atoms with Gasteiger partial charge >= 0.3 is 0 Å². The summed E-state index contributed by atoms with van der Waals surface area (Å²) in [5.41, 5.74) is 1.94. The third-order valence-electron chi connectivity index (χ3n) is 5.09. The van der Waals surface area contributed by atoms with E-state index in [4.69, 9.17) is 58.0 Å². The Morgan fingerprint density at radius 3 is 2.26 bits per heavy atom. The molecule has 0 radical (unpaired) electrons. The Morgan fingerprint density at radius 2 is 1.54 bits per heavy atom. The number of hydrogen-bond acceptors (Lipinski definition) is 4. The maximum absolute atomic E-state index is 13.1. The molecule has 178 valence electrons. The minimum absolute atomic E-state index is 0.0393. The highest BCUT2D eigenvalue weighted by atomic mass is 35.5. The summed E-state index contributed by atoms with van der Waals surface area (Å²) in [6.07, 6.45) is 0. The first-order valence-electron chi connectivity index (χ1n) is 9.94. The number of aryl methyl sites for hydroxylation is 1. The lowest BCUT2D eigenvalue weighted by Crippen LogP contribution is -2.32. The lowest BCUT2D eigenvalue weighted by molar-refractivity contribution is -0.120. The summed E-state index contributed by atoms with van der Waals surface area (Å²) >= 11 is 30.3. The number of amides is 3. The minimum Gasteiger partial charge on any atom is -0.350 e. The Bertz CT molecular complexity index is 1440. The Kier molecular flexibility index (Phi) is 7.31. The largest absolute Gasteiger partial charge is 0.350 e. The zero-order valence-electron chi connectivity index (χ0n) is 17.8. The molecule has 0 spiro atoms. The minimum atomic E-state index is -0.786. The second-order valence-electron chi connectivity index (χ2n) is 7.47. The molecular formula is C24H14Cl5N3O3. The third kappa shape index (κ3) is 5.13. The van der Waals surface area contributed by atoms with Gasteiger partial charge < -0.3 is 10.6 Å². The molecule has 35 heavy (non-hydrogen) atoms. The van der Waals surface area contributed by atoms with Crippen LogP contribution >= 0.6 is 58.0 Å². The van der Waals surface area contributed by atoms with Gasteiger partial charge in [0.2, 0.25) is 0 Å². The van der Waals surface area contributed by atoms with Gasteiger partial charge in [0.1, 0.15) is 10.7 Å². The second-order valence-corrected chi connectivity index (χ2v) is 9.51. The number of imide groups is 1. The van der Waals surface area contributed by atoms with Crippen LogP contribution in [0.25, 0.3) is 0 Å². The summed E-state index contributed by atoms with van der Waals surface area (Å²) in [4.78, 5) is 39.4. The van der Waals surface area contributed by atoms with E-state index >= 15 is 0 Å². The number of nitrogens with zero attached hydrogens (tertiary/aromatic N) is 1. The van der Waals surface area contributed by atoms with Gasteiger partial charge in [0.25, 0.3) is 17.7 Å². The van der Waals surface area contributed by atoms with Gasteiger partial charge in [-0.15, -0.1) is 0 Å². The van der Waals surface area contributed by atoms with E-state index in [2.05, 4.69) is 10.6 Å². The fourth-order valence-electron chi connectivity index (χ4n) is 3.36. The number of anilines is 3. The summed E-state index contributed by atoms with van der Waals surface area (Å²) in [7, 11) is 0. The smallest absolute Gasteiger partial charge is 0.283 e. The molecule has 0 saturated carbocycles. The highest BCUT2D eigenvalue weighted by Crippen LogP contribution is 2.38. The van der Waals surface area contributed by atoms with Crippen LogP contribution in [0.1, 0.15) is 15.9 Å². The molecule has 4 rings (SSSR count). The fourth-order valence-corrected chi connectivity index (χ4v) is 4.42. The first kappa shape index (κ1) is 25.4. The molecule has 0 fully saturated rings. The van der Waals surface area contributed by atoms with Crippen LogP contribution in [-0.2, 0) is 9.59 Å². The molecule has 3 aromatic carbocycles. The quantitative estimate of drug-likeness (QED) is 0.250. The summed E-state index contributed by atoms with van der Waals surface area (Å²) < 4.78 is 0. The molecule has 6 nitrogen and oxygen atoms in total. The van der Waals surface area contributed by atoms with Crippen molar-refractivity contribution in [1.29, 1.82) is 0 Å². The average Bonchev–Trinajstić information content (AvgIpc) is 3.01. The zero-order valence-corrected chi connectivity index (χ0v) is 21.5. The SMILES string of the molecule is Cc1cc(Cl)ccc1NC(=O)c1cccc(NC2=C(Cl)C(=O)N(c3cc(Cl)c(Cl)cc3Cl)C2=O)c1. The molecular weight excluding hydrogens is 556 g/mol. The molecule has 0 aromatic heterocycles. The molecule has 0 aliphatic carbocycles. The molecule has 2 N–H and O–H groups in total. The molecule has 3 amide bonds. The molecule has 0 bridgehead atoms. The summed E-state index contributed by atoms with van der Waals surface area (Å²) in [6, 6.07) is 14.1. The van der Waals surface area contributed by atoms with Gasteiger partial charge in [-0.05, 0) is 61.0 Å². The normalized spacial score (nSPS) is 13.5. The van der Waals surface area contributed by atoms with Crippen molar-refractivity contribution in [3.8, 4) is 0 Å². The van der Waals surface area contributed by atoms with E-state index in [9.17, 15) is 14.4 Å². The molecule has 0 atom stereocenters. The number of halogens is 5. The van der Waals surface area contributed by atoms with Crippen LogP contribution in [0.5, 0.6) is 0 Å². The van der Waals surface area contributed by atoms with Gasteiger partial charge in [-0.2, -0.15) is 0 Å². The number of rotatable bonds is 5. The molecule has 1 aliphatic heterocycles. The molecule has 0 unspecified atom stereocenters. The fraction of sp³-hybridized carbons (Fsp3) is 0.0417. The molecule has 1 heterocycles. The van der Waals surface area contributed by atoms with E-state index in [1.807, 2.05) is 6.92 Å². The van der Waals surface area contributed by atoms with Gasteiger partial charge in [0.15, 0.2) is 0 Å². The number of hydrogen-bond donors (Lipinski definition) is 2. The van der Waals surface area contributed by atoms with Crippen LogP contribution < -0.4 is 15.5 Å². The summed E-state index contributed by atoms with van der Waals surface area (Å²) in [5, 5.41) is 6.18. The first-order valence-corrected chi connectivity index (χ1v) is 11.8. The highest BCUT2D eigenvalue weighted by molar-refractivity contribution is 6.54. The molecule has 11 heteroatoms. The zero-order chi connectivity index (χ0) is 25.4. The standard InChI is InChI=1S/C24H14Cl5N3O3/c1-11-7-13(25)5-6-18(11)31-22(33)12-3-2-4-14(8-12)30-21-20(29)23(34)32(24(21)35)19-10-16(27)15(26)9-17(19)28/h2-10,30H,1H3,(H,31,33). The highest BCUT2D eigenvalue weighted by Gasteiger charge is 2.40. The van der Waals surface area contributed by atoms with Gasteiger partial charge in [-0.25, -0.2) is 4.90 Å².